The zero-order valence-electron chi connectivity index (χ0n) is 10.9. The number of hydrogen-bond donors (Lipinski definition) is 1. The van der Waals surface area contributed by atoms with E-state index in [0.717, 1.165) is 18.6 Å². The zero-order chi connectivity index (χ0) is 13.2. The summed E-state index contributed by atoms with van der Waals surface area (Å²) < 4.78 is 5.86. The van der Waals surface area contributed by atoms with Gasteiger partial charge in [0, 0.05) is 18.7 Å². The topological polar surface area (TPSA) is 49.8 Å². The van der Waals surface area contributed by atoms with Crippen LogP contribution in [0.25, 0.3) is 0 Å². The van der Waals surface area contributed by atoms with Crippen LogP contribution in [0.2, 0.25) is 0 Å². The molecule has 1 heterocycles. The van der Waals surface area contributed by atoms with Gasteiger partial charge >= 0.3 is 0 Å². The Bertz CT molecular complexity index is 445. The first-order chi connectivity index (χ1) is 9.22. The van der Waals surface area contributed by atoms with E-state index in [2.05, 4.69) is 0 Å². The number of hydrogen-bond acceptors (Lipinski definition) is 3. The number of likely N-dealkylation sites (tertiary alicyclic amines) is 1. The Morgan fingerprint density at radius 1 is 1.16 bits per heavy atom. The van der Waals surface area contributed by atoms with Gasteiger partial charge in [-0.2, -0.15) is 0 Å². The minimum Gasteiger partial charge on any atom is -0.490 e. The van der Waals surface area contributed by atoms with Crippen molar-refractivity contribution in [3.63, 3.8) is 0 Å². The van der Waals surface area contributed by atoms with Crippen LogP contribution in [0.1, 0.15) is 36.0 Å². The zero-order valence-corrected chi connectivity index (χ0v) is 10.9. The Balaban J connectivity index is 1.60. The van der Waals surface area contributed by atoms with Crippen LogP contribution in [0.15, 0.2) is 24.3 Å². The van der Waals surface area contributed by atoms with Crippen molar-refractivity contribution in [3.8, 4) is 5.75 Å². The number of carbonyl (C=O) groups excluding carboxylic acids is 1. The second kappa shape index (κ2) is 5.21. The van der Waals surface area contributed by atoms with Crippen molar-refractivity contribution in [2.24, 2.45) is 0 Å². The van der Waals surface area contributed by atoms with Crippen molar-refractivity contribution in [1.29, 1.82) is 0 Å². The molecule has 1 amide bonds. The molecule has 0 unspecified atom stereocenters. The minimum absolute atomic E-state index is 0.0160. The van der Waals surface area contributed by atoms with Gasteiger partial charge in [0.05, 0.1) is 12.2 Å². The van der Waals surface area contributed by atoms with Crippen LogP contribution < -0.4 is 4.74 Å². The number of aliphatic hydroxyl groups is 1. The normalized spacial score (nSPS) is 20.4. The van der Waals surface area contributed by atoms with E-state index in [0.29, 0.717) is 24.8 Å². The highest BCUT2D eigenvalue weighted by molar-refractivity contribution is 5.94. The highest BCUT2D eigenvalue weighted by Gasteiger charge is 2.29. The molecular weight excluding hydrogens is 242 g/mol. The predicted octanol–water partition coefficient (Wildman–Crippen LogP) is 1.82. The third kappa shape index (κ3) is 2.73. The Labute approximate surface area is 113 Å². The molecule has 0 spiro atoms. The van der Waals surface area contributed by atoms with Gasteiger partial charge in [-0.25, -0.2) is 0 Å². The van der Waals surface area contributed by atoms with E-state index in [1.54, 1.807) is 17.0 Å². The number of benzene rings is 1. The van der Waals surface area contributed by atoms with E-state index < -0.39 is 0 Å². The first-order valence-electron chi connectivity index (χ1n) is 6.96. The molecular formula is C15H19NO3. The standard InChI is InChI=1S/C15H19NO3/c17-12-9-16(10-12)15(18)11-5-7-14(8-6-11)19-13-3-1-2-4-13/h5-8,12-13,17H,1-4,9-10H2. The Hall–Kier alpha value is -1.55. The van der Waals surface area contributed by atoms with Crippen LogP contribution >= 0.6 is 0 Å². The van der Waals surface area contributed by atoms with Crippen LogP contribution in [0, 0.1) is 0 Å². The molecule has 0 radical (unpaired) electrons. The van der Waals surface area contributed by atoms with E-state index >= 15 is 0 Å². The monoisotopic (exact) mass is 261 g/mol. The van der Waals surface area contributed by atoms with E-state index in [4.69, 9.17) is 4.74 Å². The molecule has 1 N–H and O–H groups in total. The van der Waals surface area contributed by atoms with Crippen LogP contribution in [-0.4, -0.2) is 41.2 Å². The summed E-state index contributed by atoms with van der Waals surface area (Å²) in [7, 11) is 0. The van der Waals surface area contributed by atoms with Crippen molar-refractivity contribution in [3.05, 3.63) is 29.8 Å². The van der Waals surface area contributed by atoms with E-state index in [9.17, 15) is 9.90 Å². The SMILES string of the molecule is O=C(c1ccc(OC2CCCC2)cc1)N1CC(O)C1. The summed E-state index contributed by atoms with van der Waals surface area (Å²) in [5.74, 6) is 0.824. The maximum Gasteiger partial charge on any atom is 0.254 e. The smallest absolute Gasteiger partial charge is 0.254 e. The molecule has 2 fully saturated rings. The Morgan fingerprint density at radius 2 is 1.79 bits per heavy atom. The van der Waals surface area contributed by atoms with Crippen LogP contribution in [0.5, 0.6) is 5.75 Å². The molecule has 4 nitrogen and oxygen atoms in total. The van der Waals surface area contributed by atoms with Gasteiger partial charge < -0.3 is 14.7 Å². The molecule has 1 saturated heterocycles. The quantitative estimate of drug-likeness (QED) is 0.903. The lowest BCUT2D eigenvalue weighted by Crippen LogP contribution is -2.53. The first-order valence-corrected chi connectivity index (χ1v) is 6.96. The van der Waals surface area contributed by atoms with Crippen LogP contribution in [0.3, 0.4) is 0 Å². The van der Waals surface area contributed by atoms with Crippen LogP contribution in [-0.2, 0) is 0 Å². The lowest BCUT2D eigenvalue weighted by Gasteiger charge is -2.35. The molecule has 1 aliphatic heterocycles. The largest absolute Gasteiger partial charge is 0.490 e. The van der Waals surface area contributed by atoms with E-state index in [1.165, 1.54) is 12.8 Å². The van der Waals surface area contributed by atoms with Crippen LogP contribution in [0.4, 0.5) is 0 Å². The third-order valence-corrected chi connectivity index (χ3v) is 3.86. The molecule has 1 saturated carbocycles. The van der Waals surface area contributed by atoms with Gasteiger partial charge in [-0.05, 0) is 49.9 Å². The molecule has 2 aliphatic rings. The van der Waals surface area contributed by atoms with Gasteiger partial charge in [0.25, 0.3) is 5.91 Å². The molecule has 102 valence electrons. The summed E-state index contributed by atoms with van der Waals surface area (Å²) in [6, 6.07) is 7.33. The van der Waals surface area contributed by atoms with Gasteiger partial charge in [0.1, 0.15) is 5.75 Å². The molecule has 1 aliphatic carbocycles. The summed E-state index contributed by atoms with van der Waals surface area (Å²) in [6.07, 6.45) is 4.75. The lowest BCUT2D eigenvalue weighted by atomic mass is 10.1. The summed E-state index contributed by atoms with van der Waals surface area (Å²) in [6.45, 7) is 0.887. The molecule has 0 atom stereocenters. The second-order valence-corrected chi connectivity index (χ2v) is 5.41. The minimum atomic E-state index is -0.353. The highest BCUT2D eigenvalue weighted by atomic mass is 16.5. The third-order valence-electron chi connectivity index (χ3n) is 3.86. The molecule has 1 aromatic rings. The summed E-state index contributed by atoms with van der Waals surface area (Å²) in [5.41, 5.74) is 0.658. The van der Waals surface area contributed by atoms with E-state index in [1.807, 2.05) is 12.1 Å². The molecule has 3 rings (SSSR count). The summed E-state index contributed by atoms with van der Waals surface area (Å²) in [4.78, 5) is 13.7. The Kier molecular flexibility index (Phi) is 3.42. The first kappa shape index (κ1) is 12.5. The molecule has 0 aromatic heterocycles. The number of amides is 1. The van der Waals surface area contributed by atoms with E-state index in [-0.39, 0.29) is 12.0 Å². The van der Waals surface area contributed by atoms with Crippen molar-refractivity contribution >= 4 is 5.91 Å². The van der Waals surface area contributed by atoms with Gasteiger partial charge in [0.2, 0.25) is 0 Å². The number of nitrogens with zero attached hydrogens (tertiary/aromatic N) is 1. The molecule has 0 bridgehead atoms. The maximum absolute atomic E-state index is 12.0. The predicted molar refractivity (Wildman–Crippen MR) is 71.2 cm³/mol. The summed E-state index contributed by atoms with van der Waals surface area (Å²) in [5, 5.41) is 9.20. The fraction of sp³-hybridized carbons (Fsp3) is 0.533. The fourth-order valence-corrected chi connectivity index (χ4v) is 2.68. The fourth-order valence-electron chi connectivity index (χ4n) is 2.68. The average molecular weight is 261 g/mol. The molecule has 4 heteroatoms. The number of aliphatic hydroxyl groups excluding tert-OH is 1. The Morgan fingerprint density at radius 3 is 2.37 bits per heavy atom. The maximum atomic E-state index is 12.0. The van der Waals surface area contributed by atoms with Crippen molar-refractivity contribution in [1.82, 2.24) is 4.90 Å². The number of carbonyl (C=O) groups is 1. The second-order valence-electron chi connectivity index (χ2n) is 5.41. The highest BCUT2D eigenvalue weighted by Crippen LogP contribution is 2.24. The number of β-amino-alcohol motifs (C(OH)–C–C–N with tert-alkyl or cyclic N) is 1. The van der Waals surface area contributed by atoms with Crippen molar-refractivity contribution < 1.29 is 14.6 Å². The number of ether oxygens (including phenoxy) is 1. The van der Waals surface area contributed by atoms with Crippen molar-refractivity contribution in [2.75, 3.05) is 13.1 Å². The lowest BCUT2D eigenvalue weighted by molar-refractivity contribution is 0.00589. The van der Waals surface area contributed by atoms with Gasteiger partial charge in [-0.1, -0.05) is 0 Å². The summed E-state index contributed by atoms with van der Waals surface area (Å²) >= 11 is 0. The van der Waals surface area contributed by atoms with Gasteiger partial charge in [-0.3, -0.25) is 4.79 Å². The average Bonchev–Trinajstić information content (AvgIpc) is 2.88. The number of rotatable bonds is 3. The van der Waals surface area contributed by atoms with Gasteiger partial charge in [0.15, 0.2) is 0 Å². The molecule has 1 aromatic carbocycles. The van der Waals surface area contributed by atoms with Crippen molar-refractivity contribution in [2.45, 2.75) is 37.9 Å². The van der Waals surface area contributed by atoms with Gasteiger partial charge in [-0.15, -0.1) is 0 Å². The molecule has 19 heavy (non-hydrogen) atoms.